The van der Waals surface area contributed by atoms with Crippen LogP contribution in [0.1, 0.15) is 10.4 Å². The molecule has 0 atom stereocenters. The number of benzene rings is 2. The number of aromatic nitrogens is 1. The van der Waals surface area contributed by atoms with Gasteiger partial charge < -0.3 is 4.74 Å². The Morgan fingerprint density at radius 2 is 1.76 bits per heavy atom. The molecule has 3 aromatic rings. The summed E-state index contributed by atoms with van der Waals surface area (Å²) >= 11 is 1.09. The number of alkyl halides is 3. The summed E-state index contributed by atoms with van der Waals surface area (Å²) in [4.78, 5) is 16.7. The largest absolute Gasteiger partial charge is 0.497 e. The maximum Gasteiger partial charge on any atom is 0.454 e. The fourth-order valence-corrected chi connectivity index (χ4v) is 3.35. The quantitative estimate of drug-likeness (QED) is 0.602. The zero-order valence-electron chi connectivity index (χ0n) is 13.0. The average Bonchev–Trinajstić information content (AvgIpc) is 2.61. The van der Waals surface area contributed by atoms with Crippen LogP contribution >= 0.6 is 11.8 Å². The highest BCUT2D eigenvalue weighted by atomic mass is 32.2. The first-order valence-electron chi connectivity index (χ1n) is 7.21. The molecular formula is C18H12F3NO2S. The number of ketones is 1. The summed E-state index contributed by atoms with van der Waals surface area (Å²) in [6.45, 7) is 0. The molecule has 2 aromatic carbocycles. The summed E-state index contributed by atoms with van der Waals surface area (Å²) in [6.07, 6.45) is -3.97. The molecule has 7 heteroatoms. The van der Waals surface area contributed by atoms with Crippen molar-refractivity contribution in [2.75, 3.05) is 7.11 Å². The van der Waals surface area contributed by atoms with Gasteiger partial charge in [-0.15, -0.1) is 0 Å². The van der Waals surface area contributed by atoms with Crippen molar-refractivity contribution in [3.05, 3.63) is 60.3 Å². The van der Waals surface area contributed by atoms with Gasteiger partial charge in [0.25, 0.3) is 5.78 Å². The van der Waals surface area contributed by atoms with Crippen LogP contribution < -0.4 is 4.74 Å². The number of hydrogen-bond acceptors (Lipinski definition) is 4. The summed E-state index contributed by atoms with van der Waals surface area (Å²) in [5.41, 5.74) is 0.0734. The number of methoxy groups -OCH3 is 1. The Hall–Kier alpha value is -2.54. The minimum absolute atomic E-state index is 0.234. The predicted molar refractivity (Wildman–Crippen MR) is 89.2 cm³/mol. The molecule has 3 rings (SSSR count). The molecule has 0 radical (unpaired) electrons. The van der Waals surface area contributed by atoms with Gasteiger partial charge in [0.15, 0.2) is 0 Å². The second-order valence-electron chi connectivity index (χ2n) is 5.12. The first-order valence-corrected chi connectivity index (χ1v) is 8.03. The Kier molecular flexibility index (Phi) is 4.67. The smallest absolute Gasteiger partial charge is 0.454 e. The average molecular weight is 363 g/mol. The summed E-state index contributed by atoms with van der Waals surface area (Å²) < 4.78 is 43.9. The summed E-state index contributed by atoms with van der Waals surface area (Å²) in [7, 11) is 1.53. The molecule has 0 saturated carbocycles. The summed E-state index contributed by atoms with van der Waals surface area (Å²) in [5.74, 6) is -1.27. The summed E-state index contributed by atoms with van der Waals surface area (Å²) in [6, 6.07) is 13.6. The number of nitrogens with zero attached hydrogens (tertiary/aromatic N) is 1. The predicted octanol–water partition coefficient (Wildman–Crippen LogP) is 5.14. The van der Waals surface area contributed by atoms with E-state index in [0.717, 1.165) is 18.0 Å². The molecular weight excluding hydrogens is 351 g/mol. The number of carbonyl (C=O) groups excluding carboxylic acids is 1. The molecule has 0 aliphatic rings. The van der Waals surface area contributed by atoms with Crippen LogP contribution in [0.4, 0.5) is 13.2 Å². The monoisotopic (exact) mass is 363 g/mol. The molecule has 0 N–H and O–H groups in total. The third-order valence-corrected chi connectivity index (χ3v) is 4.66. The van der Waals surface area contributed by atoms with Crippen molar-refractivity contribution in [3.63, 3.8) is 0 Å². The van der Waals surface area contributed by atoms with Crippen LogP contribution in [0.2, 0.25) is 0 Å². The third-order valence-electron chi connectivity index (χ3n) is 3.51. The molecule has 25 heavy (non-hydrogen) atoms. The van der Waals surface area contributed by atoms with Crippen molar-refractivity contribution in [1.82, 2.24) is 4.98 Å². The van der Waals surface area contributed by atoms with Crippen molar-refractivity contribution >= 4 is 28.4 Å². The zero-order chi connectivity index (χ0) is 18.0. The lowest BCUT2D eigenvalue weighted by atomic mass is 10.1. The molecule has 0 aliphatic carbocycles. The van der Waals surface area contributed by atoms with Crippen LogP contribution in [0.25, 0.3) is 10.9 Å². The van der Waals surface area contributed by atoms with E-state index in [9.17, 15) is 18.0 Å². The van der Waals surface area contributed by atoms with E-state index in [-0.39, 0.29) is 4.90 Å². The number of carbonyl (C=O) groups is 1. The van der Waals surface area contributed by atoms with Gasteiger partial charge in [0.1, 0.15) is 5.75 Å². The highest BCUT2D eigenvalue weighted by molar-refractivity contribution is 7.99. The Balaban J connectivity index is 2.13. The van der Waals surface area contributed by atoms with Gasteiger partial charge in [0.2, 0.25) is 0 Å². The van der Waals surface area contributed by atoms with Gasteiger partial charge in [-0.1, -0.05) is 30.0 Å². The van der Waals surface area contributed by atoms with Crippen LogP contribution in [-0.4, -0.2) is 24.1 Å². The van der Waals surface area contributed by atoms with Crippen molar-refractivity contribution in [1.29, 1.82) is 0 Å². The van der Waals surface area contributed by atoms with Crippen LogP contribution in [0, 0.1) is 0 Å². The standard InChI is InChI=1S/C18H12F3NO2S/c1-24-11-6-8-12(9-7-11)25-16-13-4-2-3-5-15(13)22-10-14(16)17(23)18(19,20)21/h2-10H,1H3. The molecule has 0 aliphatic heterocycles. The van der Waals surface area contributed by atoms with Crippen molar-refractivity contribution < 1.29 is 22.7 Å². The van der Waals surface area contributed by atoms with Crippen molar-refractivity contribution in [3.8, 4) is 5.75 Å². The van der Waals surface area contributed by atoms with E-state index in [1.165, 1.54) is 7.11 Å². The van der Waals surface area contributed by atoms with Crippen LogP contribution in [0.3, 0.4) is 0 Å². The molecule has 0 unspecified atom stereocenters. The van der Waals surface area contributed by atoms with Crippen molar-refractivity contribution in [2.24, 2.45) is 0 Å². The number of halogens is 3. The topological polar surface area (TPSA) is 39.2 Å². The molecule has 128 valence electrons. The normalized spacial score (nSPS) is 11.5. The van der Waals surface area contributed by atoms with E-state index in [1.54, 1.807) is 48.5 Å². The van der Waals surface area contributed by atoms with Gasteiger partial charge in [-0.05, 0) is 30.3 Å². The number of ether oxygens (including phenoxy) is 1. The lowest BCUT2D eigenvalue weighted by molar-refractivity contribution is -0.0887. The van der Waals surface area contributed by atoms with Gasteiger partial charge in [-0.25, -0.2) is 0 Å². The molecule has 1 aromatic heterocycles. The Bertz CT molecular complexity index is 924. The number of rotatable bonds is 4. The molecule has 0 amide bonds. The van der Waals surface area contributed by atoms with Crippen LogP contribution in [0.15, 0.2) is 64.5 Å². The van der Waals surface area contributed by atoms with Gasteiger partial charge >= 0.3 is 6.18 Å². The fraction of sp³-hybridized carbons (Fsp3) is 0.111. The van der Waals surface area contributed by atoms with Gasteiger partial charge in [-0.3, -0.25) is 9.78 Å². The molecule has 0 fully saturated rings. The first-order chi connectivity index (χ1) is 11.9. The van der Waals surface area contributed by atoms with Crippen LogP contribution in [0.5, 0.6) is 5.75 Å². The van der Waals surface area contributed by atoms with Crippen molar-refractivity contribution in [2.45, 2.75) is 16.0 Å². The second-order valence-corrected chi connectivity index (χ2v) is 6.21. The van der Waals surface area contributed by atoms with Gasteiger partial charge in [-0.2, -0.15) is 13.2 Å². The van der Waals surface area contributed by atoms with Gasteiger partial charge in [0.05, 0.1) is 18.2 Å². The second kappa shape index (κ2) is 6.76. The van der Waals surface area contributed by atoms with E-state index >= 15 is 0 Å². The van der Waals surface area contributed by atoms with E-state index in [2.05, 4.69) is 4.98 Å². The highest BCUT2D eigenvalue weighted by Gasteiger charge is 2.41. The van der Waals surface area contributed by atoms with E-state index in [0.29, 0.717) is 21.5 Å². The van der Waals surface area contributed by atoms with Crippen LogP contribution in [-0.2, 0) is 0 Å². The fourth-order valence-electron chi connectivity index (χ4n) is 2.30. The molecule has 0 spiro atoms. The highest BCUT2D eigenvalue weighted by Crippen LogP contribution is 2.38. The Morgan fingerprint density at radius 1 is 1.08 bits per heavy atom. The molecule has 1 heterocycles. The van der Waals surface area contributed by atoms with E-state index < -0.39 is 17.5 Å². The first kappa shape index (κ1) is 17.3. The number of pyridine rings is 1. The lowest BCUT2D eigenvalue weighted by Crippen LogP contribution is -2.23. The molecule has 0 saturated heterocycles. The lowest BCUT2D eigenvalue weighted by Gasteiger charge is -2.13. The molecule has 0 bridgehead atoms. The minimum atomic E-state index is -4.96. The molecule has 3 nitrogen and oxygen atoms in total. The number of hydrogen-bond donors (Lipinski definition) is 0. The Morgan fingerprint density at radius 3 is 2.40 bits per heavy atom. The SMILES string of the molecule is COc1ccc(Sc2c(C(=O)C(F)(F)F)cnc3ccccc23)cc1. The summed E-state index contributed by atoms with van der Waals surface area (Å²) in [5, 5.41) is 0.499. The van der Waals surface area contributed by atoms with E-state index in [1.807, 2.05) is 0 Å². The number of para-hydroxylation sites is 1. The minimum Gasteiger partial charge on any atom is -0.497 e. The Labute approximate surface area is 145 Å². The number of Topliss-reactive ketones (excluding diaryl/α,β-unsaturated/α-hetero) is 1. The van der Waals surface area contributed by atoms with Gasteiger partial charge in [0, 0.05) is 21.4 Å². The zero-order valence-corrected chi connectivity index (χ0v) is 13.8. The third kappa shape index (κ3) is 3.61. The maximum atomic E-state index is 12.9. The number of fused-ring (bicyclic) bond motifs is 1. The maximum absolute atomic E-state index is 12.9. The van der Waals surface area contributed by atoms with E-state index in [4.69, 9.17) is 4.74 Å².